The molecule has 0 aliphatic rings. The van der Waals surface area contributed by atoms with Gasteiger partial charge in [0.1, 0.15) is 0 Å². The van der Waals surface area contributed by atoms with E-state index < -0.39 is 0 Å². The number of rotatable bonds is 7. The Morgan fingerprint density at radius 2 is 1.80 bits per heavy atom. The standard InChI is InChI=1S/C19H23N3O2.HI/c1-23-17-11-10-16(13-18(17)24-2)14-22-19(20)21-12-6-9-15-7-4-3-5-8-15;/h3-11,13H,12,14H2,1-2H3,(H3,20,21,22);1H. The molecule has 0 radical (unpaired) electrons. The monoisotopic (exact) mass is 453 g/mol. The summed E-state index contributed by atoms with van der Waals surface area (Å²) in [6, 6.07) is 15.8. The fourth-order valence-corrected chi connectivity index (χ4v) is 2.13. The van der Waals surface area contributed by atoms with Crippen molar-refractivity contribution in [1.29, 1.82) is 0 Å². The molecule has 0 saturated heterocycles. The second-order valence-corrected chi connectivity index (χ2v) is 5.08. The lowest BCUT2D eigenvalue weighted by Gasteiger charge is -2.08. The maximum absolute atomic E-state index is 5.88. The largest absolute Gasteiger partial charge is 0.493 e. The molecule has 134 valence electrons. The summed E-state index contributed by atoms with van der Waals surface area (Å²) in [6.45, 7) is 1.09. The van der Waals surface area contributed by atoms with E-state index >= 15 is 0 Å². The van der Waals surface area contributed by atoms with E-state index in [9.17, 15) is 0 Å². The zero-order valence-electron chi connectivity index (χ0n) is 14.4. The van der Waals surface area contributed by atoms with Crippen LogP contribution in [0.3, 0.4) is 0 Å². The number of ether oxygens (including phenoxy) is 2. The highest BCUT2D eigenvalue weighted by atomic mass is 127. The van der Waals surface area contributed by atoms with Gasteiger partial charge in [0.25, 0.3) is 0 Å². The summed E-state index contributed by atoms with van der Waals surface area (Å²) in [4.78, 5) is 4.32. The number of halogens is 1. The molecule has 3 N–H and O–H groups in total. The van der Waals surface area contributed by atoms with Crippen LogP contribution in [-0.4, -0.2) is 26.7 Å². The number of aliphatic imine (C=N–C) groups is 1. The number of hydrogen-bond acceptors (Lipinski definition) is 3. The van der Waals surface area contributed by atoms with Gasteiger partial charge < -0.3 is 20.5 Å². The van der Waals surface area contributed by atoms with Crippen LogP contribution >= 0.6 is 24.0 Å². The second-order valence-electron chi connectivity index (χ2n) is 5.08. The van der Waals surface area contributed by atoms with Crippen LogP contribution in [0.25, 0.3) is 6.08 Å². The topological polar surface area (TPSA) is 68.9 Å². The van der Waals surface area contributed by atoms with Crippen molar-refractivity contribution >= 4 is 36.0 Å². The van der Waals surface area contributed by atoms with E-state index in [4.69, 9.17) is 15.2 Å². The van der Waals surface area contributed by atoms with Gasteiger partial charge in [0.05, 0.1) is 20.8 Å². The van der Waals surface area contributed by atoms with Crippen molar-refractivity contribution in [2.24, 2.45) is 10.7 Å². The third-order valence-corrected chi connectivity index (χ3v) is 3.39. The Labute approximate surface area is 166 Å². The summed E-state index contributed by atoms with van der Waals surface area (Å²) in [7, 11) is 3.22. The van der Waals surface area contributed by atoms with E-state index in [1.807, 2.05) is 60.7 Å². The third kappa shape index (κ3) is 7.04. The van der Waals surface area contributed by atoms with Crippen LogP contribution in [-0.2, 0) is 6.54 Å². The first-order chi connectivity index (χ1) is 11.7. The molecule has 2 aromatic rings. The van der Waals surface area contributed by atoms with Gasteiger partial charge in [-0.15, -0.1) is 24.0 Å². The van der Waals surface area contributed by atoms with E-state index in [0.29, 0.717) is 30.5 Å². The van der Waals surface area contributed by atoms with E-state index in [1.54, 1.807) is 14.2 Å². The van der Waals surface area contributed by atoms with Gasteiger partial charge in [0, 0.05) is 6.54 Å². The lowest BCUT2D eigenvalue weighted by molar-refractivity contribution is 0.354. The quantitative estimate of drug-likeness (QED) is 0.383. The number of nitrogens with one attached hydrogen (secondary N) is 1. The smallest absolute Gasteiger partial charge is 0.189 e. The Bertz CT molecular complexity index is 703. The SMILES string of the molecule is COc1ccc(CN=C(N)NCC=Cc2ccccc2)cc1OC.I. The molecule has 5 nitrogen and oxygen atoms in total. The van der Waals surface area contributed by atoms with Crippen molar-refractivity contribution in [2.75, 3.05) is 20.8 Å². The molecule has 0 amide bonds. The van der Waals surface area contributed by atoms with E-state index in [0.717, 1.165) is 11.1 Å². The number of hydrogen-bond donors (Lipinski definition) is 2. The Morgan fingerprint density at radius 1 is 1.08 bits per heavy atom. The van der Waals surface area contributed by atoms with Gasteiger partial charge in [-0.2, -0.15) is 0 Å². The molecule has 0 saturated carbocycles. The third-order valence-electron chi connectivity index (χ3n) is 3.39. The van der Waals surface area contributed by atoms with Crippen molar-refractivity contribution in [2.45, 2.75) is 6.54 Å². The zero-order chi connectivity index (χ0) is 17.2. The molecule has 6 heteroatoms. The fraction of sp³-hybridized carbons (Fsp3) is 0.211. The van der Waals surface area contributed by atoms with E-state index in [-0.39, 0.29) is 24.0 Å². The maximum Gasteiger partial charge on any atom is 0.189 e. The molecule has 0 unspecified atom stereocenters. The lowest BCUT2D eigenvalue weighted by Crippen LogP contribution is -2.31. The van der Waals surface area contributed by atoms with Gasteiger partial charge in [0.2, 0.25) is 0 Å². The number of benzene rings is 2. The average molecular weight is 453 g/mol. The van der Waals surface area contributed by atoms with Crippen molar-refractivity contribution in [3.05, 3.63) is 65.7 Å². The Morgan fingerprint density at radius 3 is 2.48 bits per heavy atom. The number of methoxy groups -OCH3 is 2. The summed E-state index contributed by atoms with van der Waals surface area (Å²) < 4.78 is 10.5. The highest BCUT2D eigenvalue weighted by molar-refractivity contribution is 14.0. The molecule has 25 heavy (non-hydrogen) atoms. The number of nitrogens with two attached hydrogens (primary N) is 1. The van der Waals surface area contributed by atoms with E-state index in [1.165, 1.54) is 0 Å². The normalized spacial score (nSPS) is 11.0. The van der Waals surface area contributed by atoms with Gasteiger partial charge in [-0.25, -0.2) is 4.99 Å². The summed E-state index contributed by atoms with van der Waals surface area (Å²) in [5.41, 5.74) is 8.03. The predicted octanol–water partition coefficient (Wildman–Crippen LogP) is 3.44. The van der Waals surface area contributed by atoms with Gasteiger partial charge in [0.15, 0.2) is 17.5 Å². The molecule has 2 aromatic carbocycles. The molecule has 0 heterocycles. The highest BCUT2D eigenvalue weighted by Crippen LogP contribution is 2.27. The minimum absolute atomic E-state index is 0. The van der Waals surface area contributed by atoms with E-state index in [2.05, 4.69) is 10.3 Å². The van der Waals surface area contributed by atoms with Crippen molar-refractivity contribution in [1.82, 2.24) is 5.32 Å². The van der Waals surface area contributed by atoms with Crippen LogP contribution in [0.2, 0.25) is 0 Å². The van der Waals surface area contributed by atoms with Crippen LogP contribution in [0, 0.1) is 0 Å². The Kier molecular flexibility index (Phi) is 9.46. The minimum Gasteiger partial charge on any atom is -0.493 e. The first-order valence-corrected chi connectivity index (χ1v) is 7.69. The van der Waals surface area contributed by atoms with Crippen molar-refractivity contribution in [3.63, 3.8) is 0 Å². The average Bonchev–Trinajstić information content (AvgIpc) is 2.64. The van der Waals surface area contributed by atoms with Crippen LogP contribution < -0.4 is 20.5 Å². The molecule has 0 bridgehead atoms. The van der Waals surface area contributed by atoms with Crippen LogP contribution in [0.1, 0.15) is 11.1 Å². The molecule has 0 aliphatic carbocycles. The maximum atomic E-state index is 5.88. The van der Waals surface area contributed by atoms with Crippen molar-refractivity contribution in [3.8, 4) is 11.5 Å². The number of guanidine groups is 1. The molecular formula is C19H24IN3O2. The van der Waals surface area contributed by atoms with Crippen LogP contribution in [0.4, 0.5) is 0 Å². The summed E-state index contributed by atoms with van der Waals surface area (Å²) >= 11 is 0. The predicted molar refractivity (Wildman–Crippen MR) is 114 cm³/mol. The number of nitrogens with zero attached hydrogens (tertiary/aromatic N) is 1. The van der Waals surface area contributed by atoms with Gasteiger partial charge in [-0.1, -0.05) is 48.6 Å². The van der Waals surface area contributed by atoms with Gasteiger partial charge in [-0.05, 0) is 23.3 Å². The lowest BCUT2D eigenvalue weighted by atomic mass is 10.2. The Balaban J connectivity index is 0.00000312. The summed E-state index contributed by atoms with van der Waals surface area (Å²) in [5, 5.41) is 3.06. The molecule has 0 fully saturated rings. The first-order valence-electron chi connectivity index (χ1n) is 7.69. The zero-order valence-corrected chi connectivity index (χ0v) is 16.8. The van der Waals surface area contributed by atoms with Crippen molar-refractivity contribution < 1.29 is 9.47 Å². The Hall–Kier alpha value is -2.22. The van der Waals surface area contributed by atoms with Gasteiger partial charge in [-0.3, -0.25) is 0 Å². The van der Waals surface area contributed by atoms with Crippen LogP contribution in [0.5, 0.6) is 11.5 Å². The van der Waals surface area contributed by atoms with Gasteiger partial charge >= 0.3 is 0 Å². The summed E-state index contributed by atoms with van der Waals surface area (Å²) in [6.07, 6.45) is 4.04. The molecule has 2 rings (SSSR count). The fourth-order valence-electron chi connectivity index (χ4n) is 2.13. The molecule has 0 aliphatic heterocycles. The minimum atomic E-state index is 0. The molecule has 0 atom stereocenters. The first kappa shape index (κ1) is 20.8. The second kappa shape index (κ2) is 11.4. The van der Waals surface area contributed by atoms with Crippen LogP contribution in [0.15, 0.2) is 59.6 Å². The molecule has 0 aromatic heterocycles. The highest BCUT2D eigenvalue weighted by Gasteiger charge is 2.04. The molecular weight excluding hydrogens is 429 g/mol. The summed E-state index contributed by atoms with van der Waals surface area (Å²) in [5.74, 6) is 1.78. The molecule has 0 spiro atoms.